The summed E-state index contributed by atoms with van der Waals surface area (Å²) in [5, 5.41) is 2.65. The normalized spacial score (nSPS) is 21.4. The lowest BCUT2D eigenvalue weighted by Crippen LogP contribution is -2.57. The number of ether oxygens (including phenoxy) is 4. The molecule has 0 saturated carbocycles. The third-order valence-electron chi connectivity index (χ3n) is 11.6. The largest absolute Gasteiger partial charge is 0.493 e. The summed E-state index contributed by atoms with van der Waals surface area (Å²) in [5.74, 6) is 1.74. The predicted molar refractivity (Wildman–Crippen MR) is 221 cm³/mol. The van der Waals surface area contributed by atoms with Crippen molar-refractivity contribution in [3.05, 3.63) is 66.5 Å². The van der Waals surface area contributed by atoms with E-state index in [2.05, 4.69) is 45.6 Å². The van der Waals surface area contributed by atoms with Crippen molar-refractivity contribution >= 4 is 24.0 Å². The van der Waals surface area contributed by atoms with Crippen molar-refractivity contribution in [1.29, 1.82) is 0 Å². The maximum absolute atomic E-state index is 13.7. The Morgan fingerprint density at radius 3 is 2.27 bits per heavy atom. The number of carbonyl (C=O) groups excluding carboxylic acids is 4. The zero-order valence-electron chi connectivity index (χ0n) is 34.7. The molecule has 0 unspecified atom stereocenters. The fourth-order valence-corrected chi connectivity index (χ4v) is 8.42. The number of hydrogen-bond acceptors (Lipinski definition) is 10. The van der Waals surface area contributed by atoms with Crippen molar-refractivity contribution in [3.63, 3.8) is 0 Å². The molecule has 16 heteroatoms. The van der Waals surface area contributed by atoms with E-state index in [0.717, 1.165) is 77.3 Å². The van der Waals surface area contributed by atoms with E-state index in [1.807, 2.05) is 44.0 Å². The van der Waals surface area contributed by atoms with Crippen molar-refractivity contribution in [3.8, 4) is 39.4 Å². The summed E-state index contributed by atoms with van der Waals surface area (Å²) in [4.78, 5) is 73.5. The van der Waals surface area contributed by atoms with Gasteiger partial charge in [0.15, 0.2) is 0 Å². The first-order valence-corrected chi connectivity index (χ1v) is 20.9. The highest BCUT2D eigenvalue weighted by Gasteiger charge is 2.43. The fourth-order valence-electron chi connectivity index (χ4n) is 8.42. The number of imidazole rings is 2. The molecule has 0 radical (unpaired) electrons. The number of aromatic nitrogens is 4. The van der Waals surface area contributed by atoms with E-state index in [1.54, 1.807) is 16.0 Å². The zero-order valence-corrected chi connectivity index (χ0v) is 34.7. The van der Waals surface area contributed by atoms with E-state index in [-0.39, 0.29) is 42.5 Å². The van der Waals surface area contributed by atoms with Crippen LogP contribution in [0.2, 0.25) is 0 Å². The predicted octanol–water partition coefficient (Wildman–Crippen LogP) is 6.24. The first-order chi connectivity index (χ1) is 29.0. The number of aromatic amines is 2. The fraction of sp³-hybridized carbons (Fsp3) is 0.500. The Bertz CT molecular complexity index is 2190. The van der Waals surface area contributed by atoms with Gasteiger partial charge < -0.3 is 48.9 Å². The van der Waals surface area contributed by atoms with E-state index < -0.39 is 17.7 Å². The molecule has 318 valence electrons. The van der Waals surface area contributed by atoms with Gasteiger partial charge in [-0.05, 0) is 88.1 Å². The Hall–Kier alpha value is -5.90. The van der Waals surface area contributed by atoms with Crippen LogP contribution in [0.25, 0.3) is 33.6 Å². The van der Waals surface area contributed by atoms with Gasteiger partial charge in [0, 0.05) is 38.3 Å². The minimum absolute atomic E-state index is 0.0351. The molecule has 4 aliphatic rings. The summed E-state index contributed by atoms with van der Waals surface area (Å²) >= 11 is 0. The second-order valence-electron chi connectivity index (χ2n) is 16.9. The van der Waals surface area contributed by atoms with Crippen LogP contribution in [-0.4, -0.2) is 123 Å². The van der Waals surface area contributed by atoms with Crippen molar-refractivity contribution in [1.82, 2.24) is 40.0 Å². The van der Waals surface area contributed by atoms with Crippen LogP contribution in [0.4, 0.5) is 9.59 Å². The Balaban J connectivity index is 0.959. The molecule has 3 atom stereocenters. The molecule has 3 saturated heterocycles. The average molecular weight is 823 g/mol. The van der Waals surface area contributed by atoms with E-state index in [0.29, 0.717) is 51.6 Å². The number of hydrogen-bond donors (Lipinski definition) is 3. The number of fused-ring (bicyclic) bond motifs is 6. The lowest BCUT2D eigenvalue weighted by molar-refractivity contribution is -0.141. The van der Waals surface area contributed by atoms with Crippen LogP contribution < -0.4 is 10.1 Å². The molecule has 16 nitrogen and oxygen atoms in total. The van der Waals surface area contributed by atoms with Crippen LogP contribution in [0.5, 0.6) is 5.75 Å². The molecule has 4 aliphatic heterocycles. The molecule has 2 aromatic carbocycles. The second kappa shape index (κ2) is 17.4. The number of carbonyl (C=O) groups is 4. The van der Waals surface area contributed by atoms with Crippen LogP contribution in [0.3, 0.4) is 0 Å². The zero-order chi connectivity index (χ0) is 42.0. The monoisotopic (exact) mass is 822 g/mol. The van der Waals surface area contributed by atoms with Gasteiger partial charge in [-0.2, -0.15) is 0 Å². The molecule has 8 rings (SSSR count). The third-order valence-corrected chi connectivity index (χ3v) is 11.6. The van der Waals surface area contributed by atoms with Gasteiger partial charge in [-0.3, -0.25) is 9.59 Å². The maximum Gasteiger partial charge on any atom is 0.410 e. The van der Waals surface area contributed by atoms with Crippen molar-refractivity contribution in [2.24, 2.45) is 5.92 Å². The highest BCUT2D eigenvalue weighted by Crippen LogP contribution is 2.38. The molecular formula is C44H54N8O8. The van der Waals surface area contributed by atoms with Gasteiger partial charge >= 0.3 is 12.2 Å². The first-order valence-electron chi connectivity index (χ1n) is 20.9. The van der Waals surface area contributed by atoms with Crippen molar-refractivity contribution in [2.75, 3.05) is 53.1 Å². The van der Waals surface area contributed by atoms with Crippen LogP contribution in [-0.2, 0) is 23.8 Å². The van der Waals surface area contributed by atoms with Gasteiger partial charge in [-0.15, -0.1) is 0 Å². The standard InChI is InChI=1S/C44H54N8O8/c1-44(2,3)60-43(56)50-24-30(25-50)40(53)51-17-7-9-35(51)38-45-22-32(47-38)28-13-11-27(12-14-28)29-15-16-31-33-23-46-39(48-33)36-10-8-18-52(36)41(54)34(49-42(55)57-4)26-58-19-5-6-20-59-37(31)21-29/h11-16,21-23,30,34-36H,5-10,17-20,24-26H2,1-4H3,(H,45,47)(H,46,48)(H,49,55)/t34-,35-,36-/m0/s1. The van der Waals surface area contributed by atoms with E-state index >= 15 is 0 Å². The van der Waals surface area contributed by atoms with Gasteiger partial charge in [0.05, 0.1) is 62.1 Å². The van der Waals surface area contributed by atoms with Gasteiger partial charge in [0.2, 0.25) is 11.8 Å². The molecule has 4 amide bonds. The molecule has 3 fully saturated rings. The van der Waals surface area contributed by atoms with Crippen LogP contribution >= 0.6 is 0 Å². The van der Waals surface area contributed by atoms with Gasteiger partial charge in [0.25, 0.3) is 0 Å². The summed E-state index contributed by atoms with van der Waals surface area (Å²) < 4.78 is 22.6. The minimum Gasteiger partial charge on any atom is -0.493 e. The number of likely N-dealkylation sites (tertiary alicyclic amines) is 2. The van der Waals surface area contributed by atoms with Gasteiger partial charge in [0.1, 0.15) is 29.0 Å². The topological polar surface area (TPSA) is 184 Å². The summed E-state index contributed by atoms with van der Waals surface area (Å²) in [7, 11) is 1.27. The minimum atomic E-state index is -0.874. The lowest BCUT2D eigenvalue weighted by atomic mass is 9.98. The van der Waals surface area contributed by atoms with Crippen LogP contribution in [0, 0.1) is 5.92 Å². The van der Waals surface area contributed by atoms with E-state index in [9.17, 15) is 19.2 Å². The van der Waals surface area contributed by atoms with E-state index in [4.69, 9.17) is 28.9 Å². The lowest BCUT2D eigenvalue weighted by Gasteiger charge is -2.41. The number of benzene rings is 2. The molecular weight excluding hydrogens is 769 g/mol. The number of H-pyrrole nitrogens is 2. The molecule has 6 heterocycles. The molecule has 2 aromatic heterocycles. The summed E-state index contributed by atoms with van der Waals surface area (Å²) in [6.45, 7) is 8.34. The highest BCUT2D eigenvalue weighted by molar-refractivity contribution is 5.86. The Morgan fingerprint density at radius 1 is 0.833 bits per heavy atom. The first kappa shape index (κ1) is 40.9. The van der Waals surface area contributed by atoms with Crippen LogP contribution in [0.1, 0.15) is 83.0 Å². The second-order valence-corrected chi connectivity index (χ2v) is 16.9. The number of methoxy groups -OCH3 is 1. The number of nitrogens with one attached hydrogen (secondary N) is 3. The maximum atomic E-state index is 13.7. The molecule has 0 aliphatic carbocycles. The van der Waals surface area contributed by atoms with Crippen molar-refractivity contribution < 1.29 is 38.1 Å². The Morgan fingerprint density at radius 2 is 1.50 bits per heavy atom. The van der Waals surface area contributed by atoms with Gasteiger partial charge in [-0.25, -0.2) is 19.6 Å². The molecule has 60 heavy (non-hydrogen) atoms. The number of nitrogens with zero attached hydrogens (tertiary/aromatic N) is 5. The number of alkyl carbamates (subject to hydrolysis) is 1. The summed E-state index contributed by atoms with van der Waals surface area (Å²) in [6.07, 6.45) is 7.22. The Kier molecular flexibility index (Phi) is 11.8. The number of rotatable bonds is 5. The third kappa shape index (κ3) is 8.83. The SMILES string of the molecule is COC(=O)N[C@H]1COCCCCOc2cc(-c3ccc(-c4cnc([C@@H]5CCCN5C(=O)C5CN(C(=O)OC(C)(C)C)C5)[nH]4)cc3)ccc2-c2cnc([nH]2)[C@@H]2CCCN2C1=O. The Labute approximate surface area is 349 Å². The van der Waals surface area contributed by atoms with E-state index in [1.165, 1.54) is 7.11 Å². The average Bonchev–Trinajstić information content (AvgIpc) is 4.05. The summed E-state index contributed by atoms with van der Waals surface area (Å²) in [6, 6.07) is 13.1. The van der Waals surface area contributed by atoms with Crippen molar-refractivity contribution in [2.45, 2.75) is 83.0 Å². The van der Waals surface area contributed by atoms with Crippen LogP contribution in [0.15, 0.2) is 54.9 Å². The quantitative estimate of drug-likeness (QED) is 0.208. The molecule has 4 aromatic rings. The summed E-state index contributed by atoms with van der Waals surface area (Å²) in [5.41, 5.74) is 4.91. The van der Waals surface area contributed by atoms with Gasteiger partial charge in [-0.1, -0.05) is 30.3 Å². The molecule has 3 N–H and O–H groups in total. The number of amides is 4. The molecule has 2 bridgehead atoms. The smallest absolute Gasteiger partial charge is 0.410 e. The highest BCUT2D eigenvalue weighted by atomic mass is 16.6. The molecule has 0 spiro atoms.